The summed E-state index contributed by atoms with van der Waals surface area (Å²) in [5.41, 5.74) is 0.406. The molecule has 0 N–H and O–H groups in total. The molecule has 0 spiro atoms. The van der Waals surface area contributed by atoms with E-state index in [0.29, 0.717) is 5.44 Å². The first-order chi connectivity index (χ1) is 4.33. The summed E-state index contributed by atoms with van der Waals surface area (Å²) >= 11 is 1.79. The largest absolute Gasteiger partial charge is 0.365 e. The van der Waals surface area contributed by atoms with Crippen LogP contribution < -0.4 is 0 Å². The van der Waals surface area contributed by atoms with E-state index in [1.54, 1.807) is 11.8 Å². The molecule has 0 aromatic rings. The molecule has 1 aliphatic rings. The topological polar surface area (TPSA) is 12.5 Å². The molecule has 0 aliphatic carbocycles. The van der Waals surface area contributed by atoms with Crippen molar-refractivity contribution in [3.8, 4) is 0 Å². The summed E-state index contributed by atoms with van der Waals surface area (Å²) in [5, 5.41) is 0. The number of rotatable bonds is 1. The Bertz CT molecular complexity index is 89.1. The van der Waals surface area contributed by atoms with Crippen LogP contribution in [0, 0.1) is 0 Å². The highest BCUT2D eigenvalue weighted by Crippen LogP contribution is 2.12. The van der Waals surface area contributed by atoms with E-state index in [0.717, 1.165) is 19.7 Å². The molecule has 2 nitrogen and oxygen atoms in total. The van der Waals surface area contributed by atoms with Gasteiger partial charge in [-0.15, -0.1) is 11.8 Å². The first-order valence-corrected chi connectivity index (χ1v) is 4.44. The third kappa shape index (κ3) is 2.16. The molecule has 9 heavy (non-hydrogen) atoms. The SMILES string of the molecule is CS[C@H]1CN(C)CCO1. The van der Waals surface area contributed by atoms with E-state index in [1.165, 1.54) is 0 Å². The quantitative estimate of drug-likeness (QED) is 0.540. The van der Waals surface area contributed by atoms with Gasteiger partial charge in [-0.1, -0.05) is 0 Å². The summed E-state index contributed by atoms with van der Waals surface area (Å²) in [5.74, 6) is 0. The molecule has 1 aliphatic heterocycles. The molecule has 1 saturated heterocycles. The molecule has 1 rings (SSSR count). The van der Waals surface area contributed by atoms with Gasteiger partial charge < -0.3 is 9.64 Å². The van der Waals surface area contributed by atoms with Gasteiger partial charge in [-0.25, -0.2) is 0 Å². The molecular formula is C6H13NOS. The molecule has 1 fully saturated rings. The van der Waals surface area contributed by atoms with Crippen molar-refractivity contribution < 1.29 is 4.74 Å². The zero-order chi connectivity index (χ0) is 6.69. The summed E-state index contributed by atoms with van der Waals surface area (Å²) in [6, 6.07) is 0. The Labute approximate surface area is 60.6 Å². The number of ether oxygens (including phenoxy) is 1. The normalized spacial score (nSPS) is 30.7. The van der Waals surface area contributed by atoms with Crippen LogP contribution in [0.2, 0.25) is 0 Å². The van der Waals surface area contributed by atoms with E-state index in [9.17, 15) is 0 Å². The van der Waals surface area contributed by atoms with E-state index in [-0.39, 0.29) is 0 Å². The lowest BCUT2D eigenvalue weighted by molar-refractivity contribution is 0.0298. The fourth-order valence-electron chi connectivity index (χ4n) is 0.881. The minimum Gasteiger partial charge on any atom is -0.365 e. The maximum Gasteiger partial charge on any atom is 0.115 e. The summed E-state index contributed by atoms with van der Waals surface area (Å²) in [6.45, 7) is 3.04. The van der Waals surface area contributed by atoms with Gasteiger partial charge in [0.2, 0.25) is 0 Å². The molecule has 0 saturated carbocycles. The van der Waals surface area contributed by atoms with E-state index < -0.39 is 0 Å². The predicted molar refractivity (Wildman–Crippen MR) is 40.8 cm³/mol. The van der Waals surface area contributed by atoms with Gasteiger partial charge in [0, 0.05) is 13.1 Å². The molecule has 54 valence electrons. The first-order valence-electron chi connectivity index (χ1n) is 3.16. The molecule has 0 aromatic heterocycles. The Morgan fingerprint density at radius 3 is 2.89 bits per heavy atom. The van der Waals surface area contributed by atoms with Crippen molar-refractivity contribution in [3.05, 3.63) is 0 Å². The van der Waals surface area contributed by atoms with Crippen molar-refractivity contribution in [3.63, 3.8) is 0 Å². The van der Waals surface area contributed by atoms with Crippen molar-refractivity contribution in [2.75, 3.05) is 33.0 Å². The smallest absolute Gasteiger partial charge is 0.115 e. The van der Waals surface area contributed by atoms with E-state index in [2.05, 4.69) is 18.2 Å². The second-order valence-electron chi connectivity index (χ2n) is 2.30. The molecule has 0 amide bonds. The number of hydrogen-bond acceptors (Lipinski definition) is 3. The van der Waals surface area contributed by atoms with Crippen molar-refractivity contribution in [2.24, 2.45) is 0 Å². The Kier molecular flexibility index (Phi) is 2.82. The molecule has 0 bridgehead atoms. The Morgan fingerprint density at radius 2 is 2.44 bits per heavy atom. The van der Waals surface area contributed by atoms with Crippen molar-refractivity contribution in [1.82, 2.24) is 4.90 Å². The van der Waals surface area contributed by atoms with Gasteiger partial charge in [0.1, 0.15) is 5.44 Å². The highest BCUT2D eigenvalue weighted by molar-refractivity contribution is 7.99. The van der Waals surface area contributed by atoms with Gasteiger partial charge in [-0.3, -0.25) is 0 Å². The van der Waals surface area contributed by atoms with Crippen LogP contribution in [0.25, 0.3) is 0 Å². The van der Waals surface area contributed by atoms with Crippen molar-refractivity contribution in [2.45, 2.75) is 5.44 Å². The molecule has 0 aromatic carbocycles. The van der Waals surface area contributed by atoms with Crippen LogP contribution in [0.3, 0.4) is 0 Å². The first kappa shape index (κ1) is 7.38. The number of likely N-dealkylation sites (N-methyl/N-ethyl adjacent to an activating group) is 1. The number of thioether (sulfide) groups is 1. The Morgan fingerprint density at radius 1 is 1.67 bits per heavy atom. The van der Waals surface area contributed by atoms with Crippen LogP contribution >= 0.6 is 11.8 Å². The van der Waals surface area contributed by atoms with Gasteiger partial charge in [-0.05, 0) is 13.3 Å². The summed E-state index contributed by atoms with van der Waals surface area (Å²) in [4.78, 5) is 2.30. The van der Waals surface area contributed by atoms with Crippen LogP contribution in [-0.2, 0) is 4.74 Å². The molecular weight excluding hydrogens is 134 g/mol. The lowest BCUT2D eigenvalue weighted by Gasteiger charge is -2.28. The molecule has 0 unspecified atom stereocenters. The maximum atomic E-state index is 5.42. The van der Waals surface area contributed by atoms with E-state index in [4.69, 9.17) is 4.74 Å². The lowest BCUT2D eigenvalue weighted by atomic mass is 10.5. The van der Waals surface area contributed by atoms with Crippen LogP contribution in [-0.4, -0.2) is 43.3 Å². The second-order valence-corrected chi connectivity index (χ2v) is 3.30. The zero-order valence-corrected chi connectivity index (χ0v) is 6.78. The van der Waals surface area contributed by atoms with Crippen molar-refractivity contribution >= 4 is 11.8 Å². The number of hydrogen-bond donors (Lipinski definition) is 0. The highest BCUT2D eigenvalue weighted by atomic mass is 32.2. The molecule has 3 heteroatoms. The fourth-order valence-corrected chi connectivity index (χ4v) is 1.52. The van der Waals surface area contributed by atoms with Crippen LogP contribution in [0.4, 0.5) is 0 Å². The fraction of sp³-hybridized carbons (Fsp3) is 1.00. The van der Waals surface area contributed by atoms with Gasteiger partial charge in [0.05, 0.1) is 6.61 Å². The monoisotopic (exact) mass is 147 g/mol. The number of morpholine rings is 1. The minimum atomic E-state index is 0.406. The number of nitrogens with zero attached hydrogens (tertiary/aromatic N) is 1. The minimum absolute atomic E-state index is 0.406. The highest BCUT2D eigenvalue weighted by Gasteiger charge is 2.15. The third-order valence-corrected chi connectivity index (χ3v) is 2.31. The van der Waals surface area contributed by atoms with Gasteiger partial charge in [-0.2, -0.15) is 0 Å². The summed E-state index contributed by atoms with van der Waals surface area (Å²) < 4.78 is 5.42. The predicted octanol–water partition coefficient (Wildman–Crippen LogP) is 0.637. The Balaban J connectivity index is 2.23. The van der Waals surface area contributed by atoms with Gasteiger partial charge in [0.15, 0.2) is 0 Å². The average Bonchev–Trinajstić information content (AvgIpc) is 1.88. The van der Waals surface area contributed by atoms with Crippen LogP contribution in [0.1, 0.15) is 0 Å². The second kappa shape index (κ2) is 3.44. The average molecular weight is 147 g/mol. The Hall–Kier alpha value is 0.270. The lowest BCUT2D eigenvalue weighted by Crippen LogP contribution is -2.38. The third-order valence-electron chi connectivity index (χ3n) is 1.50. The van der Waals surface area contributed by atoms with E-state index in [1.807, 2.05) is 0 Å². The standard InChI is InChI=1S/C6H13NOS/c1-7-3-4-8-6(5-7)9-2/h6H,3-5H2,1-2H3/t6-/m0/s1. The van der Waals surface area contributed by atoms with E-state index >= 15 is 0 Å². The zero-order valence-electron chi connectivity index (χ0n) is 5.96. The molecule has 1 heterocycles. The van der Waals surface area contributed by atoms with Crippen LogP contribution in [0.5, 0.6) is 0 Å². The van der Waals surface area contributed by atoms with Crippen molar-refractivity contribution in [1.29, 1.82) is 0 Å². The van der Waals surface area contributed by atoms with Gasteiger partial charge >= 0.3 is 0 Å². The van der Waals surface area contributed by atoms with Crippen LogP contribution in [0.15, 0.2) is 0 Å². The molecule has 1 atom stereocenters. The summed E-state index contributed by atoms with van der Waals surface area (Å²) in [7, 11) is 2.13. The summed E-state index contributed by atoms with van der Waals surface area (Å²) in [6.07, 6.45) is 2.09. The van der Waals surface area contributed by atoms with Gasteiger partial charge in [0.25, 0.3) is 0 Å². The molecule has 0 radical (unpaired) electrons. The maximum absolute atomic E-state index is 5.42.